The molecule has 0 heteroatoms. The van der Waals surface area contributed by atoms with E-state index < -0.39 is 0 Å². The van der Waals surface area contributed by atoms with E-state index in [2.05, 4.69) is 13.8 Å². The highest BCUT2D eigenvalue weighted by molar-refractivity contribution is 4.87. The van der Waals surface area contributed by atoms with Crippen LogP contribution in [-0.2, 0) is 0 Å². The predicted octanol–water partition coefficient (Wildman–Crippen LogP) is 4.00. The lowest BCUT2D eigenvalue weighted by Crippen LogP contribution is -1.90. The van der Waals surface area contributed by atoms with Crippen LogP contribution in [0.5, 0.6) is 0 Å². The van der Waals surface area contributed by atoms with Crippen molar-refractivity contribution in [2.75, 3.05) is 0 Å². The normalized spacial score (nSPS) is 19.2. The van der Waals surface area contributed by atoms with E-state index in [-0.39, 0.29) is 0 Å². The molecule has 62 valence electrons. The number of hydrogen-bond donors (Lipinski definition) is 0. The zero-order valence-electron chi connectivity index (χ0n) is 8.04. The Morgan fingerprint density at radius 1 is 1.20 bits per heavy atom. The lowest BCUT2D eigenvalue weighted by Gasteiger charge is -2.03. The molecule has 0 unspecified atom stereocenters. The largest absolute Gasteiger partial charge is 0.0683 e. The van der Waals surface area contributed by atoms with Crippen LogP contribution in [0.4, 0.5) is 0 Å². The summed E-state index contributed by atoms with van der Waals surface area (Å²) in [5.74, 6) is 0. The van der Waals surface area contributed by atoms with Crippen LogP contribution in [-0.4, -0.2) is 0 Å². The quantitative estimate of drug-likeness (QED) is 0.558. The van der Waals surface area contributed by atoms with Crippen LogP contribution in [0.2, 0.25) is 0 Å². The third-order valence-electron chi connectivity index (χ3n) is 2.24. The van der Waals surface area contributed by atoms with Crippen molar-refractivity contribution in [2.24, 2.45) is 5.41 Å². The third kappa shape index (κ3) is 3.92. The van der Waals surface area contributed by atoms with Crippen LogP contribution in [0, 0.1) is 5.41 Å². The van der Waals surface area contributed by atoms with Gasteiger partial charge in [0.2, 0.25) is 0 Å². The molecule has 0 nitrogen and oxygen atoms in total. The molecule has 0 bridgehead atoms. The summed E-state index contributed by atoms with van der Waals surface area (Å²) in [6.07, 6.45) is 7.27. The Labute approximate surface area is 66.0 Å². The molecule has 0 saturated heterocycles. The van der Waals surface area contributed by atoms with Crippen LogP contribution in [0.3, 0.4) is 0 Å². The summed E-state index contributed by atoms with van der Waals surface area (Å²) in [5, 5.41) is 0. The van der Waals surface area contributed by atoms with Crippen molar-refractivity contribution in [3.05, 3.63) is 0 Å². The zero-order chi connectivity index (χ0) is 8.04. The summed E-state index contributed by atoms with van der Waals surface area (Å²) in [4.78, 5) is 0. The first-order valence-electron chi connectivity index (χ1n) is 4.77. The minimum atomic E-state index is 0.802. The number of unbranched alkanes of at least 4 members (excludes halogenated alkanes) is 1. The SMILES string of the molecule is CC.CCCCC1(C)CC1. The molecule has 0 N–H and O–H groups in total. The van der Waals surface area contributed by atoms with Gasteiger partial charge < -0.3 is 0 Å². The summed E-state index contributed by atoms with van der Waals surface area (Å²) in [6.45, 7) is 8.68. The predicted molar refractivity (Wildman–Crippen MR) is 48.2 cm³/mol. The third-order valence-corrected chi connectivity index (χ3v) is 2.24. The van der Waals surface area contributed by atoms with Gasteiger partial charge in [-0.2, -0.15) is 0 Å². The van der Waals surface area contributed by atoms with Crippen molar-refractivity contribution in [3.63, 3.8) is 0 Å². The van der Waals surface area contributed by atoms with Crippen LogP contribution in [0.1, 0.15) is 59.8 Å². The van der Waals surface area contributed by atoms with Crippen LogP contribution >= 0.6 is 0 Å². The van der Waals surface area contributed by atoms with Crippen molar-refractivity contribution in [2.45, 2.75) is 59.8 Å². The summed E-state index contributed by atoms with van der Waals surface area (Å²) in [6, 6.07) is 0. The summed E-state index contributed by atoms with van der Waals surface area (Å²) < 4.78 is 0. The molecule has 0 spiro atoms. The molecular formula is C10H22. The summed E-state index contributed by atoms with van der Waals surface area (Å²) in [7, 11) is 0. The van der Waals surface area contributed by atoms with Gasteiger partial charge in [0.15, 0.2) is 0 Å². The molecule has 0 aromatic heterocycles. The average Bonchev–Trinajstić information content (AvgIpc) is 2.70. The lowest BCUT2D eigenvalue weighted by molar-refractivity contribution is 0.490. The molecule has 1 saturated carbocycles. The van der Waals surface area contributed by atoms with E-state index in [1.807, 2.05) is 13.8 Å². The molecule has 0 atom stereocenters. The Balaban J connectivity index is 0.000000371. The second-order valence-electron chi connectivity index (χ2n) is 3.41. The van der Waals surface area contributed by atoms with Gasteiger partial charge in [0.05, 0.1) is 0 Å². The Bertz CT molecular complexity index is 70.1. The Morgan fingerprint density at radius 2 is 1.70 bits per heavy atom. The monoisotopic (exact) mass is 142 g/mol. The standard InChI is InChI=1S/C8H16.C2H6/c1-3-4-5-8(2)6-7-8;1-2/h3-7H2,1-2H3;1-2H3. The Hall–Kier alpha value is 0. The van der Waals surface area contributed by atoms with Crippen molar-refractivity contribution >= 4 is 0 Å². The topological polar surface area (TPSA) is 0 Å². The first-order valence-corrected chi connectivity index (χ1v) is 4.77. The molecule has 0 heterocycles. The molecule has 1 fully saturated rings. The van der Waals surface area contributed by atoms with Gasteiger partial charge in [0, 0.05) is 0 Å². The van der Waals surface area contributed by atoms with E-state index in [0.29, 0.717) is 0 Å². The fraction of sp³-hybridized carbons (Fsp3) is 1.00. The van der Waals surface area contributed by atoms with Gasteiger partial charge in [0.25, 0.3) is 0 Å². The molecule has 10 heavy (non-hydrogen) atoms. The number of hydrogen-bond acceptors (Lipinski definition) is 0. The van der Waals surface area contributed by atoms with Crippen molar-refractivity contribution in [1.82, 2.24) is 0 Å². The average molecular weight is 142 g/mol. The maximum Gasteiger partial charge on any atom is -0.0325 e. The molecule has 0 amide bonds. The van der Waals surface area contributed by atoms with E-state index in [4.69, 9.17) is 0 Å². The molecule has 1 aliphatic rings. The van der Waals surface area contributed by atoms with Crippen molar-refractivity contribution < 1.29 is 0 Å². The first kappa shape index (κ1) is 10.0. The Morgan fingerprint density at radius 3 is 2.00 bits per heavy atom. The van der Waals surface area contributed by atoms with Crippen LogP contribution in [0.25, 0.3) is 0 Å². The Kier molecular flexibility index (Phi) is 4.76. The van der Waals surface area contributed by atoms with Gasteiger partial charge in [0.1, 0.15) is 0 Å². The number of rotatable bonds is 3. The van der Waals surface area contributed by atoms with Gasteiger partial charge in [-0.25, -0.2) is 0 Å². The molecule has 0 aliphatic heterocycles. The molecule has 1 aliphatic carbocycles. The van der Waals surface area contributed by atoms with Gasteiger partial charge in [-0.15, -0.1) is 0 Å². The molecule has 1 rings (SSSR count). The van der Waals surface area contributed by atoms with E-state index >= 15 is 0 Å². The lowest BCUT2D eigenvalue weighted by atomic mass is 10.0. The highest BCUT2D eigenvalue weighted by Gasteiger charge is 2.35. The smallest absolute Gasteiger partial charge is 0.0325 e. The van der Waals surface area contributed by atoms with Crippen molar-refractivity contribution in [1.29, 1.82) is 0 Å². The fourth-order valence-corrected chi connectivity index (χ4v) is 1.07. The second kappa shape index (κ2) is 4.76. The molecule has 0 radical (unpaired) electrons. The summed E-state index contributed by atoms with van der Waals surface area (Å²) in [5.41, 5.74) is 0.802. The second-order valence-corrected chi connectivity index (χ2v) is 3.41. The maximum absolute atomic E-state index is 2.41. The zero-order valence-corrected chi connectivity index (χ0v) is 8.04. The molecule has 0 aromatic carbocycles. The van der Waals surface area contributed by atoms with E-state index in [9.17, 15) is 0 Å². The van der Waals surface area contributed by atoms with Gasteiger partial charge in [-0.05, 0) is 24.7 Å². The van der Waals surface area contributed by atoms with E-state index in [0.717, 1.165) is 5.41 Å². The highest BCUT2D eigenvalue weighted by atomic mass is 14.4. The van der Waals surface area contributed by atoms with Crippen molar-refractivity contribution in [3.8, 4) is 0 Å². The minimum Gasteiger partial charge on any atom is -0.0683 e. The maximum atomic E-state index is 2.41. The van der Waals surface area contributed by atoms with E-state index in [1.165, 1.54) is 32.1 Å². The highest BCUT2D eigenvalue weighted by Crippen LogP contribution is 2.48. The molecular weight excluding hydrogens is 120 g/mol. The minimum absolute atomic E-state index is 0.802. The van der Waals surface area contributed by atoms with Gasteiger partial charge in [-0.1, -0.05) is 40.5 Å². The fourth-order valence-electron chi connectivity index (χ4n) is 1.07. The van der Waals surface area contributed by atoms with Gasteiger partial charge in [-0.3, -0.25) is 0 Å². The summed E-state index contributed by atoms with van der Waals surface area (Å²) >= 11 is 0. The van der Waals surface area contributed by atoms with Gasteiger partial charge >= 0.3 is 0 Å². The molecule has 0 aromatic rings. The van der Waals surface area contributed by atoms with Crippen LogP contribution in [0.15, 0.2) is 0 Å². The first-order chi connectivity index (χ1) is 4.77. The van der Waals surface area contributed by atoms with Crippen LogP contribution < -0.4 is 0 Å². The van der Waals surface area contributed by atoms with E-state index in [1.54, 1.807) is 0 Å².